The average molecular weight is 445 g/mol. The molecule has 1 N–H and O–H groups in total. The normalized spacial score (nSPS) is 17.4. The van der Waals surface area contributed by atoms with Gasteiger partial charge in [-0.2, -0.15) is 0 Å². The summed E-state index contributed by atoms with van der Waals surface area (Å²) in [6.45, 7) is 4.78. The van der Waals surface area contributed by atoms with Gasteiger partial charge >= 0.3 is 0 Å². The first-order chi connectivity index (χ1) is 16.2. The number of piperidine rings is 1. The number of rotatable bonds is 6. The molecule has 2 aromatic carbocycles. The SMILES string of the molecule is COc1cccc(CN2CCC(NC(=O)c3cc4ccccc4nc3N3CCCC3)CC2)c1. The summed E-state index contributed by atoms with van der Waals surface area (Å²) in [6, 6.07) is 18.5. The van der Waals surface area contributed by atoms with Crippen LogP contribution in [-0.4, -0.2) is 55.1 Å². The zero-order chi connectivity index (χ0) is 22.6. The minimum absolute atomic E-state index is 0.00130. The first-order valence-electron chi connectivity index (χ1n) is 12.0. The summed E-state index contributed by atoms with van der Waals surface area (Å²) in [5.41, 5.74) is 2.91. The molecule has 2 saturated heterocycles. The maximum Gasteiger partial charge on any atom is 0.255 e. The zero-order valence-electron chi connectivity index (χ0n) is 19.3. The van der Waals surface area contributed by atoms with E-state index in [0.29, 0.717) is 5.56 Å². The monoisotopic (exact) mass is 444 g/mol. The quantitative estimate of drug-likeness (QED) is 0.616. The van der Waals surface area contributed by atoms with Crippen molar-refractivity contribution < 1.29 is 9.53 Å². The van der Waals surface area contributed by atoms with Crippen molar-refractivity contribution in [3.8, 4) is 5.75 Å². The second kappa shape index (κ2) is 9.79. The highest BCUT2D eigenvalue weighted by Crippen LogP contribution is 2.27. The van der Waals surface area contributed by atoms with Crippen LogP contribution in [0.15, 0.2) is 54.6 Å². The molecular formula is C27H32N4O2. The van der Waals surface area contributed by atoms with E-state index >= 15 is 0 Å². The van der Waals surface area contributed by atoms with Crippen LogP contribution < -0.4 is 15.0 Å². The van der Waals surface area contributed by atoms with Crippen LogP contribution in [0.4, 0.5) is 5.82 Å². The number of carbonyl (C=O) groups is 1. The van der Waals surface area contributed by atoms with Gasteiger partial charge in [-0.15, -0.1) is 0 Å². The number of nitrogens with zero attached hydrogens (tertiary/aromatic N) is 3. The Balaban J connectivity index is 1.25. The van der Waals surface area contributed by atoms with Gasteiger partial charge in [-0.3, -0.25) is 9.69 Å². The van der Waals surface area contributed by atoms with E-state index in [-0.39, 0.29) is 11.9 Å². The van der Waals surface area contributed by atoms with Crippen LogP contribution in [0.3, 0.4) is 0 Å². The number of methoxy groups -OCH3 is 1. The largest absolute Gasteiger partial charge is 0.497 e. The van der Waals surface area contributed by atoms with E-state index in [1.165, 1.54) is 5.56 Å². The number of amides is 1. The van der Waals surface area contributed by atoms with Crippen LogP contribution in [0.2, 0.25) is 0 Å². The highest BCUT2D eigenvalue weighted by Gasteiger charge is 2.25. The van der Waals surface area contributed by atoms with Gasteiger partial charge in [0.1, 0.15) is 11.6 Å². The molecule has 2 aliphatic rings. The number of para-hydroxylation sites is 1. The number of aromatic nitrogens is 1. The molecular weight excluding hydrogens is 412 g/mol. The number of carbonyl (C=O) groups excluding carboxylic acids is 1. The third-order valence-electron chi connectivity index (χ3n) is 6.82. The molecule has 3 heterocycles. The van der Waals surface area contributed by atoms with Crippen molar-refractivity contribution in [3.63, 3.8) is 0 Å². The third kappa shape index (κ3) is 4.96. The fourth-order valence-electron chi connectivity index (χ4n) is 4.97. The van der Waals surface area contributed by atoms with Crippen LogP contribution in [0, 0.1) is 0 Å². The summed E-state index contributed by atoms with van der Waals surface area (Å²) in [7, 11) is 1.70. The number of fused-ring (bicyclic) bond motifs is 1. The zero-order valence-corrected chi connectivity index (χ0v) is 19.3. The number of likely N-dealkylation sites (tertiary alicyclic amines) is 1. The Hall–Kier alpha value is -3.12. The van der Waals surface area contributed by atoms with Gasteiger partial charge in [-0.25, -0.2) is 4.98 Å². The van der Waals surface area contributed by atoms with Crippen molar-refractivity contribution in [2.24, 2.45) is 0 Å². The Morgan fingerprint density at radius 1 is 1.03 bits per heavy atom. The van der Waals surface area contributed by atoms with E-state index in [1.54, 1.807) is 7.11 Å². The first kappa shape index (κ1) is 21.7. The number of pyridine rings is 1. The Morgan fingerprint density at radius 3 is 2.61 bits per heavy atom. The predicted molar refractivity (Wildman–Crippen MR) is 132 cm³/mol. The summed E-state index contributed by atoms with van der Waals surface area (Å²) in [4.78, 5) is 23.0. The molecule has 33 heavy (non-hydrogen) atoms. The van der Waals surface area contributed by atoms with Crippen LogP contribution in [0.1, 0.15) is 41.6 Å². The lowest BCUT2D eigenvalue weighted by molar-refractivity contribution is 0.0909. The highest BCUT2D eigenvalue weighted by atomic mass is 16.5. The van der Waals surface area contributed by atoms with E-state index in [1.807, 2.05) is 42.5 Å². The molecule has 0 bridgehead atoms. The molecule has 6 heteroatoms. The molecule has 5 rings (SSSR count). The van der Waals surface area contributed by atoms with Crippen molar-refractivity contribution in [1.29, 1.82) is 0 Å². The van der Waals surface area contributed by atoms with Gasteiger partial charge in [-0.1, -0.05) is 30.3 Å². The second-order valence-electron chi connectivity index (χ2n) is 9.12. The van der Waals surface area contributed by atoms with Gasteiger partial charge < -0.3 is 15.0 Å². The third-order valence-corrected chi connectivity index (χ3v) is 6.82. The molecule has 2 aliphatic heterocycles. The van der Waals surface area contributed by atoms with Gasteiger partial charge in [0, 0.05) is 44.2 Å². The molecule has 2 fully saturated rings. The highest BCUT2D eigenvalue weighted by molar-refractivity contribution is 6.02. The van der Waals surface area contributed by atoms with E-state index in [9.17, 15) is 4.79 Å². The smallest absolute Gasteiger partial charge is 0.255 e. The van der Waals surface area contributed by atoms with Crippen molar-refractivity contribution in [1.82, 2.24) is 15.2 Å². The van der Waals surface area contributed by atoms with Crippen LogP contribution in [0.25, 0.3) is 10.9 Å². The Kier molecular flexibility index (Phi) is 6.44. The molecule has 6 nitrogen and oxygen atoms in total. The van der Waals surface area contributed by atoms with Gasteiger partial charge in [0.15, 0.2) is 0 Å². The molecule has 0 unspecified atom stereocenters. The topological polar surface area (TPSA) is 57.7 Å². The molecule has 0 atom stereocenters. The minimum Gasteiger partial charge on any atom is -0.497 e. The summed E-state index contributed by atoms with van der Waals surface area (Å²) in [5.74, 6) is 1.73. The van der Waals surface area contributed by atoms with Crippen molar-refractivity contribution >= 4 is 22.6 Å². The van der Waals surface area contributed by atoms with Gasteiger partial charge in [0.25, 0.3) is 5.91 Å². The number of hydrogen-bond donors (Lipinski definition) is 1. The molecule has 0 saturated carbocycles. The first-order valence-corrected chi connectivity index (χ1v) is 12.0. The number of anilines is 1. The van der Waals surface area contributed by atoms with Crippen LogP contribution in [0.5, 0.6) is 5.75 Å². The summed E-state index contributed by atoms with van der Waals surface area (Å²) in [6.07, 6.45) is 4.22. The molecule has 172 valence electrons. The lowest BCUT2D eigenvalue weighted by Gasteiger charge is -2.32. The van der Waals surface area contributed by atoms with Crippen molar-refractivity contribution in [2.75, 3.05) is 38.2 Å². The predicted octanol–water partition coefficient (Wildman–Crippen LogP) is 4.24. The summed E-state index contributed by atoms with van der Waals surface area (Å²) < 4.78 is 5.35. The Bertz CT molecular complexity index is 1120. The summed E-state index contributed by atoms with van der Waals surface area (Å²) >= 11 is 0. The fourth-order valence-corrected chi connectivity index (χ4v) is 4.97. The van der Waals surface area contributed by atoms with Gasteiger partial charge in [0.2, 0.25) is 0 Å². The maximum absolute atomic E-state index is 13.4. The average Bonchev–Trinajstić information content (AvgIpc) is 3.39. The van der Waals surface area contributed by atoms with E-state index in [0.717, 1.165) is 80.9 Å². The molecule has 0 spiro atoms. The lowest BCUT2D eigenvalue weighted by atomic mass is 10.0. The standard InChI is InChI=1S/C27H32N4O2/c1-33-23-9-6-7-20(17-23)19-30-15-11-22(12-16-30)28-27(32)24-18-21-8-2-3-10-25(21)29-26(24)31-13-4-5-14-31/h2-3,6-10,17-18,22H,4-5,11-16,19H2,1H3,(H,28,32). The fraction of sp³-hybridized carbons (Fsp3) is 0.407. The maximum atomic E-state index is 13.4. The lowest BCUT2D eigenvalue weighted by Crippen LogP contribution is -2.44. The number of ether oxygens (including phenoxy) is 1. The van der Waals surface area contributed by atoms with E-state index < -0.39 is 0 Å². The Labute approximate surface area is 195 Å². The summed E-state index contributed by atoms with van der Waals surface area (Å²) in [5, 5.41) is 4.33. The molecule has 0 radical (unpaired) electrons. The molecule has 3 aromatic rings. The van der Waals surface area contributed by atoms with E-state index in [4.69, 9.17) is 9.72 Å². The second-order valence-corrected chi connectivity index (χ2v) is 9.12. The van der Waals surface area contributed by atoms with Crippen LogP contribution in [-0.2, 0) is 6.54 Å². The number of hydrogen-bond acceptors (Lipinski definition) is 5. The van der Waals surface area contributed by atoms with Crippen LogP contribution >= 0.6 is 0 Å². The number of nitrogens with one attached hydrogen (secondary N) is 1. The number of benzene rings is 2. The molecule has 1 amide bonds. The minimum atomic E-state index is 0.00130. The molecule has 0 aliphatic carbocycles. The van der Waals surface area contributed by atoms with E-state index in [2.05, 4.69) is 27.2 Å². The Morgan fingerprint density at radius 2 is 1.82 bits per heavy atom. The van der Waals surface area contributed by atoms with Gasteiger partial charge in [-0.05, 0) is 55.5 Å². The van der Waals surface area contributed by atoms with Crippen molar-refractivity contribution in [2.45, 2.75) is 38.3 Å². The molecule has 1 aromatic heterocycles. The van der Waals surface area contributed by atoms with Gasteiger partial charge in [0.05, 0.1) is 18.2 Å². The van der Waals surface area contributed by atoms with Crippen molar-refractivity contribution in [3.05, 3.63) is 65.7 Å².